The normalized spacial score (nSPS) is 29.1. The summed E-state index contributed by atoms with van der Waals surface area (Å²) in [6, 6.07) is 6.23. The lowest BCUT2D eigenvalue weighted by molar-refractivity contribution is -0.122. The zero-order valence-corrected chi connectivity index (χ0v) is 11.8. The first kappa shape index (κ1) is 13.2. The van der Waals surface area contributed by atoms with Crippen molar-refractivity contribution in [2.45, 2.75) is 44.9 Å². The summed E-state index contributed by atoms with van der Waals surface area (Å²) in [5, 5.41) is 6.37. The zero-order chi connectivity index (χ0) is 14.1. The summed E-state index contributed by atoms with van der Waals surface area (Å²) in [5.41, 5.74) is 1.74. The largest absolute Gasteiger partial charge is 0.479 e. The Bertz CT molecular complexity index is 518. The van der Waals surface area contributed by atoms with Crippen LogP contribution in [0.3, 0.4) is 0 Å². The van der Waals surface area contributed by atoms with E-state index >= 15 is 0 Å². The lowest BCUT2D eigenvalue weighted by atomic mass is 10.0. The minimum absolute atomic E-state index is 0.102. The van der Waals surface area contributed by atoms with Gasteiger partial charge in [-0.15, -0.1) is 0 Å². The Hall–Kier alpha value is -1.75. The maximum absolute atomic E-state index is 11.6. The van der Waals surface area contributed by atoms with Gasteiger partial charge in [-0.2, -0.15) is 0 Å². The highest BCUT2D eigenvalue weighted by atomic mass is 16.5. The number of carbonyl (C=O) groups excluding carboxylic acids is 1. The number of carbonyl (C=O) groups is 1. The number of fused-ring (bicyclic) bond motifs is 1. The van der Waals surface area contributed by atoms with Gasteiger partial charge in [-0.3, -0.25) is 4.79 Å². The van der Waals surface area contributed by atoms with E-state index in [9.17, 15) is 4.79 Å². The standard InChI is InChI=1S/C15H20N2O3/c1-9-7-12(5-6-19-9)16-11-3-4-14-13(8-11)17-15(18)10(2)20-14/h3-4,8-10,12,16H,5-7H2,1-2H3,(H,17,18). The molecule has 5 nitrogen and oxygen atoms in total. The molecule has 1 aromatic carbocycles. The number of amides is 1. The molecule has 3 atom stereocenters. The maximum Gasteiger partial charge on any atom is 0.265 e. The van der Waals surface area contributed by atoms with Crippen LogP contribution in [0.4, 0.5) is 11.4 Å². The maximum atomic E-state index is 11.6. The highest BCUT2D eigenvalue weighted by molar-refractivity contribution is 5.98. The molecule has 1 fully saturated rings. The Morgan fingerprint density at radius 3 is 3.00 bits per heavy atom. The van der Waals surface area contributed by atoms with Gasteiger partial charge in [-0.05, 0) is 44.9 Å². The smallest absolute Gasteiger partial charge is 0.265 e. The van der Waals surface area contributed by atoms with Crippen LogP contribution in [0.2, 0.25) is 0 Å². The number of rotatable bonds is 2. The summed E-state index contributed by atoms with van der Waals surface area (Å²) in [4.78, 5) is 11.6. The molecule has 3 rings (SSSR count). The van der Waals surface area contributed by atoms with Crippen LogP contribution in [0.5, 0.6) is 5.75 Å². The Kier molecular flexibility index (Phi) is 3.53. The van der Waals surface area contributed by atoms with Crippen LogP contribution in [-0.2, 0) is 9.53 Å². The Morgan fingerprint density at radius 1 is 1.35 bits per heavy atom. The molecule has 0 bridgehead atoms. The van der Waals surface area contributed by atoms with Crippen LogP contribution in [0.1, 0.15) is 26.7 Å². The SMILES string of the molecule is CC1CC(Nc2ccc3c(c2)NC(=O)C(C)O3)CCO1. The predicted octanol–water partition coefficient (Wildman–Crippen LogP) is 2.39. The molecule has 2 N–H and O–H groups in total. The monoisotopic (exact) mass is 276 g/mol. The molecule has 2 heterocycles. The van der Waals surface area contributed by atoms with Crippen molar-refractivity contribution >= 4 is 17.3 Å². The number of anilines is 2. The molecule has 1 aromatic rings. The topological polar surface area (TPSA) is 59.6 Å². The average molecular weight is 276 g/mol. The fraction of sp³-hybridized carbons (Fsp3) is 0.533. The van der Waals surface area contributed by atoms with Gasteiger partial charge in [0, 0.05) is 18.3 Å². The van der Waals surface area contributed by atoms with Crippen LogP contribution in [0.25, 0.3) is 0 Å². The van der Waals surface area contributed by atoms with Gasteiger partial charge in [-0.25, -0.2) is 0 Å². The second kappa shape index (κ2) is 5.32. The molecule has 108 valence electrons. The molecule has 0 aliphatic carbocycles. The van der Waals surface area contributed by atoms with Crippen molar-refractivity contribution in [3.63, 3.8) is 0 Å². The van der Waals surface area contributed by atoms with Gasteiger partial charge in [0.2, 0.25) is 0 Å². The van der Waals surface area contributed by atoms with Gasteiger partial charge in [-0.1, -0.05) is 0 Å². The number of nitrogens with one attached hydrogen (secondary N) is 2. The highest BCUT2D eigenvalue weighted by Gasteiger charge is 2.24. The van der Waals surface area contributed by atoms with Crippen molar-refractivity contribution < 1.29 is 14.3 Å². The van der Waals surface area contributed by atoms with E-state index < -0.39 is 6.10 Å². The van der Waals surface area contributed by atoms with Crippen molar-refractivity contribution in [2.24, 2.45) is 0 Å². The fourth-order valence-electron chi connectivity index (χ4n) is 2.66. The molecule has 20 heavy (non-hydrogen) atoms. The van der Waals surface area contributed by atoms with Crippen molar-refractivity contribution in [1.29, 1.82) is 0 Å². The first-order chi connectivity index (χ1) is 9.61. The highest BCUT2D eigenvalue weighted by Crippen LogP contribution is 2.32. The molecule has 3 unspecified atom stereocenters. The Morgan fingerprint density at radius 2 is 2.20 bits per heavy atom. The van der Waals surface area contributed by atoms with E-state index in [-0.39, 0.29) is 5.91 Å². The van der Waals surface area contributed by atoms with E-state index in [1.54, 1.807) is 6.92 Å². The van der Waals surface area contributed by atoms with Crippen LogP contribution in [0, 0.1) is 0 Å². The van der Waals surface area contributed by atoms with Crippen LogP contribution >= 0.6 is 0 Å². The van der Waals surface area contributed by atoms with Gasteiger partial charge >= 0.3 is 0 Å². The number of hydrogen-bond acceptors (Lipinski definition) is 4. The molecule has 2 aliphatic heterocycles. The fourth-order valence-corrected chi connectivity index (χ4v) is 2.66. The molecule has 0 radical (unpaired) electrons. The number of benzene rings is 1. The first-order valence-electron chi connectivity index (χ1n) is 7.11. The summed E-state index contributed by atoms with van der Waals surface area (Å²) >= 11 is 0. The van der Waals surface area contributed by atoms with Gasteiger partial charge in [0.25, 0.3) is 5.91 Å². The molecule has 5 heteroatoms. The molecule has 1 saturated heterocycles. The van der Waals surface area contributed by atoms with Crippen molar-refractivity contribution in [3.05, 3.63) is 18.2 Å². The van der Waals surface area contributed by atoms with E-state index in [0.29, 0.717) is 12.1 Å². The minimum Gasteiger partial charge on any atom is -0.479 e. The lowest BCUT2D eigenvalue weighted by Crippen LogP contribution is -2.34. The van der Waals surface area contributed by atoms with Gasteiger partial charge in [0.05, 0.1) is 11.8 Å². The number of hydrogen-bond donors (Lipinski definition) is 2. The quantitative estimate of drug-likeness (QED) is 0.870. The van der Waals surface area contributed by atoms with E-state index in [4.69, 9.17) is 9.47 Å². The van der Waals surface area contributed by atoms with Crippen LogP contribution in [0.15, 0.2) is 18.2 Å². The summed E-state index contributed by atoms with van der Waals surface area (Å²) in [7, 11) is 0. The molecule has 2 aliphatic rings. The molecule has 0 aromatic heterocycles. The van der Waals surface area contributed by atoms with Gasteiger partial charge < -0.3 is 20.1 Å². The minimum atomic E-state index is -0.433. The molecule has 0 spiro atoms. The first-order valence-corrected chi connectivity index (χ1v) is 7.11. The van der Waals surface area contributed by atoms with E-state index in [0.717, 1.165) is 36.6 Å². The van der Waals surface area contributed by atoms with Crippen molar-refractivity contribution in [1.82, 2.24) is 0 Å². The predicted molar refractivity (Wildman–Crippen MR) is 77.2 cm³/mol. The average Bonchev–Trinajstić information content (AvgIpc) is 2.40. The van der Waals surface area contributed by atoms with Gasteiger partial charge in [0.15, 0.2) is 6.10 Å². The van der Waals surface area contributed by atoms with E-state index in [2.05, 4.69) is 17.6 Å². The van der Waals surface area contributed by atoms with Crippen LogP contribution in [-0.4, -0.2) is 30.8 Å². The zero-order valence-electron chi connectivity index (χ0n) is 11.8. The van der Waals surface area contributed by atoms with Gasteiger partial charge in [0.1, 0.15) is 5.75 Å². The third-order valence-electron chi connectivity index (χ3n) is 3.77. The molecule has 1 amide bonds. The molecular formula is C15H20N2O3. The molecular weight excluding hydrogens is 256 g/mol. The van der Waals surface area contributed by atoms with Crippen molar-refractivity contribution in [2.75, 3.05) is 17.2 Å². The summed E-state index contributed by atoms with van der Waals surface area (Å²) in [6.45, 7) is 4.63. The van der Waals surface area contributed by atoms with Crippen molar-refractivity contribution in [3.8, 4) is 5.75 Å². The second-order valence-electron chi connectivity index (χ2n) is 5.51. The number of ether oxygens (including phenoxy) is 2. The van der Waals surface area contributed by atoms with E-state index in [1.165, 1.54) is 0 Å². The third kappa shape index (κ3) is 2.72. The molecule has 0 saturated carbocycles. The van der Waals surface area contributed by atoms with Crippen LogP contribution < -0.4 is 15.4 Å². The summed E-state index contributed by atoms with van der Waals surface area (Å²) < 4.78 is 11.1. The third-order valence-corrected chi connectivity index (χ3v) is 3.77. The van der Waals surface area contributed by atoms with E-state index in [1.807, 2.05) is 18.2 Å². The summed E-state index contributed by atoms with van der Waals surface area (Å²) in [5.74, 6) is 0.623. The Labute approximate surface area is 118 Å². The second-order valence-corrected chi connectivity index (χ2v) is 5.51. The summed E-state index contributed by atoms with van der Waals surface area (Å²) in [6.07, 6.45) is 1.86. The Balaban J connectivity index is 1.72. The lowest BCUT2D eigenvalue weighted by Gasteiger charge is -2.29.